The fourth-order valence-electron chi connectivity index (χ4n) is 1.92. The van der Waals surface area contributed by atoms with Crippen molar-refractivity contribution in [2.45, 2.75) is 18.9 Å². The minimum absolute atomic E-state index is 0.242. The summed E-state index contributed by atoms with van der Waals surface area (Å²) in [6.45, 7) is 0. The highest BCUT2D eigenvalue weighted by Crippen LogP contribution is 2.18. The van der Waals surface area contributed by atoms with Gasteiger partial charge in [-0.25, -0.2) is 4.52 Å². The molecule has 1 aliphatic heterocycles. The van der Waals surface area contributed by atoms with E-state index >= 15 is 0 Å². The van der Waals surface area contributed by atoms with Crippen molar-refractivity contribution in [2.75, 3.05) is 5.32 Å². The Kier molecular flexibility index (Phi) is 2.94. The molecular formula is C11H10BrN5O2. The Bertz CT molecular complexity index is 668. The van der Waals surface area contributed by atoms with Crippen LogP contribution in [0, 0.1) is 0 Å². The van der Waals surface area contributed by atoms with Crippen LogP contribution in [0.3, 0.4) is 0 Å². The van der Waals surface area contributed by atoms with Crippen molar-refractivity contribution in [1.29, 1.82) is 0 Å². The number of amides is 2. The van der Waals surface area contributed by atoms with E-state index < -0.39 is 6.04 Å². The van der Waals surface area contributed by atoms with Gasteiger partial charge in [0.25, 0.3) is 0 Å². The number of piperidine rings is 1. The summed E-state index contributed by atoms with van der Waals surface area (Å²) in [4.78, 5) is 27.0. The predicted octanol–water partition coefficient (Wildman–Crippen LogP) is 0.709. The molecule has 1 unspecified atom stereocenters. The molecule has 1 atom stereocenters. The first-order chi connectivity index (χ1) is 9.13. The van der Waals surface area contributed by atoms with E-state index in [0.29, 0.717) is 24.4 Å². The zero-order valence-corrected chi connectivity index (χ0v) is 11.3. The SMILES string of the molecule is O=C1CCC(Nc2nc3c(Br)cccn3n2)C(=O)N1. The van der Waals surface area contributed by atoms with Crippen LogP contribution in [0.2, 0.25) is 0 Å². The summed E-state index contributed by atoms with van der Waals surface area (Å²) in [5, 5.41) is 9.44. The van der Waals surface area contributed by atoms with Gasteiger partial charge < -0.3 is 5.32 Å². The van der Waals surface area contributed by atoms with E-state index in [1.54, 1.807) is 10.7 Å². The van der Waals surface area contributed by atoms with Gasteiger partial charge in [-0.3, -0.25) is 14.9 Å². The molecule has 1 fully saturated rings. The fraction of sp³-hybridized carbons (Fsp3) is 0.273. The van der Waals surface area contributed by atoms with Crippen LogP contribution in [0.15, 0.2) is 22.8 Å². The summed E-state index contributed by atoms with van der Waals surface area (Å²) in [6.07, 6.45) is 2.53. The van der Waals surface area contributed by atoms with Crippen molar-refractivity contribution < 1.29 is 9.59 Å². The Hall–Kier alpha value is -1.96. The second kappa shape index (κ2) is 4.61. The minimum Gasteiger partial charge on any atom is -0.341 e. The average Bonchev–Trinajstić information content (AvgIpc) is 2.77. The van der Waals surface area contributed by atoms with Crippen molar-refractivity contribution in [3.8, 4) is 0 Å². The van der Waals surface area contributed by atoms with Gasteiger partial charge in [0.2, 0.25) is 17.8 Å². The van der Waals surface area contributed by atoms with Gasteiger partial charge in [-0.15, -0.1) is 5.10 Å². The molecule has 0 saturated carbocycles. The minimum atomic E-state index is -0.478. The number of anilines is 1. The lowest BCUT2D eigenvalue weighted by molar-refractivity contribution is -0.133. The van der Waals surface area contributed by atoms with E-state index in [2.05, 4.69) is 36.6 Å². The van der Waals surface area contributed by atoms with Crippen molar-refractivity contribution in [2.24, 2.45) is 0 Å². The lowest BCUT2D eigenvalue weighted by atomic mass is 10.1. The van der Waals surface area contributed by atoms with Crippen LogP contribution in [-0.4, -0.2) is 32.5 Å². The molecule has 0 aromatic carbocycles. The van der Waals surface area contributed by atoms with E-state index in [9.17, 15) is 9.59 Å². The highest BCUT2D eigenvalue weighted by Gasteiger charge is 2.27. The van der Waals surface area contributed by atoms with Crippen LogP contribution in [0.25, 0.3) is 5.65 Å². The Morgan fingerprint density at radius 1 is 1.47 bits per heavy atom. The first-order valence-electron chi connectivity index (χ1n) is 5.74. The van der Waals surface area contributed by atoms with Gasteiger partial charge >= 0.3 is 0 Å². The number of fused-ring (bicyclic) bond motifs is 1. The molecule has 0 bridgehead atoms. The number of rotatable bonds is 2. The van der Waals surface area contributed by atoms with E-state index in [1.807, 2.05) is 12.1 Å². The largest absolute Gasteiger partial charge is 0.341 e. The third kappa shape index (κ3) is 2.30. The maximum atomic E-state index is 11.6. The molecule has 19 heavy (non-hydrogen) atoms. The molecule has 2 amide bonds. The monoisotopic (exact) mass is 323 g/mol. The van der Waals surface area contributed by atoms with Crippen LogP contribution in [-0.2, 0) is 9.59 Å². The van der Waals surface area contributed by atoms with Crippen molar-refractivity contribution in [1.82, 2.24) is 19.9 Å². The molecule has 7 nitrogen and oxygen atoms in total. The third-order valence-corrected chi connectivity index (χ3v) is 3.48. The predicted molar refractivity (Wildman–Crippen MR) is 70.5 cm³/mol. The van der Waals surface area contributed by atoms with Gasteiger partial charge in [0.05, 0.1) is 4.47 Å². The summed E-state index contributed by atoms with van der Waals surface area (Å²) >= 11 is 3.38. The third-order valence-electron chi connectivity index (χ3n) is 2.86. The van der Waals surface area contributed by atoms with Gasteiger partial charge in [-0.05, 0) is 34.5 Å². The van der Waals surface area contributed by atoms with Gasteiger partial charge in [0, 0.05) is 12.6 Å². The molecule has 1 aliphatic rings. The molecule has 0 radical (unpaired) electrons. The zero-order valence-electron chi connectivity index (χ0n) is 9.76. The number of carbonyl (C=O) groups is 2. The summed E-state index contributed by atoms with van der Waals surface area (Å²) in [6, 6.07) is 3.22. The molecule has 2 aromatic heterocycles. The molecule has 2 aromatic rings. The quantitative estimate of drug-likeness (QED) is 0.794. The number of pyridine rings is 1. The number of aromatic nitrogens is 3. The molecule has 0 aliphatic carbocycles. The maximum absolute atomic E-state index is 11.6. The lowest BCUT2D eigenvalue weighted by Gasteiger charge is -2.20. The number of halogens is 1. The van der Waals surface area contributed by atoms with Crippen LogP contribution in [0.1, 0.15) is 12.8 Å². The summed E-state index contributed by atoms with van der Waals surface area (Å²) in [7, 11) is 0. The second-order valence-electron chi connectivity index (χ2n) is 4.21. The summed E-state index contributed by atoms with van der Waals surface area (Å²) < 4.78 is 2.43. The number of imide groups is 1. The molecule has 98 valence electrons. The lowest BCUT2D eigenvalue weighted by Crippen LogP contribution is -2.47. The molecule has 1 saturated heterocycles. The van der Waals surface area contributed by atoms with Gasteiger partial charge in [-0.1, -0.05) is 0 Å². The first kappa shape index (κ1) is 12.1. The van der Waals surface area contributed by atoms with Gasteiger partial charge in [-0.2, -0.15) is 4.98 Å². The Morgan fingerprint density at radius 3 is 3.05 bits per heavy atom. The molecule has 8 heteroatoms. The topological polar surface area (TPSA) is 88.4 Å². The molecule has 3 heterocycles. The van der Waals surface area contributed by atoms with Crippen molar-refractivity contribution in [3.63, 3.8) is 0 Å². The standard InChI is InChI=1S/C11H10BrN5O2/c12-6-2-1-5-17-9(6)15-11(16-17)13-7-3-4-8(18)14-10(7)19/h1-2,5,7H,3-4H2,(H,13,16)(H,14,18,19). The van der Waals surface area contributed by atoms with Crippen LogP contribution in [0.5, 0.6) is 0 Å². The smallest absolute Gasteiger partial charge is 0.249 e. The number of nitrogens with zero attached hydrogens (tertiary/aromatic N) is 3. The Labute approximate surface area is 116 Å². The average molecular weight is 324 g/mol. The summed E-state index contributed by atoms with van der Waals surface area (Å²) in [5.41, 5.74) is 0.664. The number of nitrogens with one attached hydrogen (secondary N) is 2. The van der Waals surface area contributed by atoms with Gasteiger partial charge in [0.1, 0.15) is 6.04 Å². The van der Waals surface area contributed by atoms with Gasteiger partial charge in [0.15, 0.2) is 5.65 Å². The number of carbonyl (C=O) groups excluding carboxylic acids is 2. The Morgan fingerprint density at radius 2 is 2.32 bits per heavy atom. The summed E-state index contributed by atoms with van der Waals surface area (Å²) in [5.74, 6) is -0.218. The molecule has 2 N–H and O–H groups in total. The highest BCUT2D eigenvalue weighted by atomic mass is 79.9. The number of hydrogen-bond donors (Lipinski definition) is 2. The molecule has 0 spiro atoms. The normalized spacial score (nSPS) is 19.5. The molecule has 3 rings (SSSR count). The van der Waals surface area contributed by atoms with Crippen LogP contribution in [0.4, 0.5) is 5.95 Å². The zero-order chi connectivity index (χ0) is 13.4. The second-order valence-corrected chi connectivity index (χ2v) is 5.06. The number of hydrogen-bond acceptors (Lipinski definition) is 5. The first-order valence-corrected chi connectivity index (χ1v) is 6.54. The maximum Gasteiger partial charge on any atom is 0.249 e. The van der Waals surface area contributed by atoms with Crippen molar-refractivity contribution >= 4 is 39.3 Å². The van der Waals surface area contributed by atoms with Crippen molar-refractivity contribution in [3.05, 3.63) is 22.8 Å². The Balaban J connectivity index is 1.83. The van der Waals surface area contributed by atoms with E-state index in [1.165, 1.54) is 0 Å². The molecular weight excluding hydrogens is 314 g/mol. The van der Waals surface area contributed by atoms with E-state index in [-0.39, 0.29) is 11.8 Å². The van der Waals surface area contributed by atoms with E-state index in [4.69, 9.17) is 0 Å². The highest BCUT2D eigenvalue weighted by molar-refractivity contribution is 9.10. The van der Waals surface area contributed by atoms with Crippen LogP contribution >= 0.6 is 15.9 Å². The fourth-order valence-corrected chi connectivity index (χ4v) is 2.34. The van der Waals surface area contributed by atoms with E-state index in [0.717, 1.165) is 4.47 Å². The van der Waals surface area contributed by atoms with Crippen LogP contribution < -0.4 is 10.6 Å².